The second kappa shape index (κ2) is 4.04. The van der Waals surface area contributed by atoms with E-state index in [4.69, 9.17) is 9.84 Å². The molecule has 72 valence electrons. The average Bonchev–Trinajstić information content (AvgIpc) is 2.35. The van der Waals surface area contributed by atoms with E-state index in [0.29, 0.717) is 6.61 Å². The van der Waals surface area contributed by atoms with Gasteiger partial charge in [-0.05, 0) is 6.92 Å². The van der Waals surface area contributed by atoms with E-state index in [2.05, 4.69) is 5.10 Å². The molecule has 1 heterocycles. The first-order valence-electron chi connectivity index (χ1n) is 3.88. The van der Waals surface area contributed by atoms with Crippen molar-refractivity contribution in [3.63, 3.8) is 0 Å². The van der Waals surface area contributed by atoms with Gasteiger partial charge in [0.15, 0.2) is 0 Å². The van der Waals surface area contributed by atoms with Crippen LogP contribution in [0.3, 0.4) is 0 Å². The summed E-state index contributed by atoms with van der Waals surface area (Å²) in [5.74, 6) is -0.957. The van der Waals surface area contributed by atoms with Crippen molar-refractivity contribution in [2.24, 2.45) is 7.05 Å². The molecule has 5 heteroatoms. The average molecular weight is 184 g/mol. The fourth-order valence-corrected chi connectivity index (χ4v) is 0.934. The van der Waals surface area contributed by atoms with Gasteiger partial charge in [0, 0.05) is 18.3 Å². The van der Waals surface area contributed by atoms with Crippen molar-refractivity contribution in [2.45, 2.75) is 13.5 Å². The van der Waals surface area contributed by atoms with Crippen molar-refractivity contribution in [1.29, 1.82) is 0 Å². The number of carbonyl (C=O) groups is 1. The third-order valence-electron chi connectivity index (χ3n) is 1.82. The molecule has 0 aromatic carbocycles. The van der Waals surface area contributed by atoms with Gasteiger partial charge in [0.2, 0.25) is 0 Å². The summed E-state index contributed by atoms with van der Waals surface area (Å²) >= 11 is 0. The fraction of sp³-hybridized carbons (Fsp3) is 0.500. The van der Waals surface area contributed by atoms with Crippen molar-refractivity contribution < 1.29 is 14.6 Å². The molecule has 0 aliphatic rings. The predicted molar refractivity (Wildman–Crippen MR) is 45.2 cm³/mol. The highest BCUT2D eigenvalue weighted by molar-refractivity contribution is 5.67. The first-order valence-corrected chi connectivity index (χ1v) is 3.88. The maximum atomic E-state index is 10.1. The molecule has 0 aliphatic carbocycles. The Labute approximate surface area is 75.9 Å². The number of ether oxygens (including phenoxy) is 1. The summed E-state index contributed by atoms with van der Waals surface area (Å²) in [7, 11) is 1.83. The van der Waals surface area contributed by atoms with Crippen LogP contribution in [0.2, 0.25) is 0 Å². The highest BCUT2D eigenvalue weighted by Gasteiger charge is 2.04. The van der Waals surface area contributed by atoms with Gasteiger partial charge in [-0.2, -0.15) is 5.10 Å². The molecule has 1 rings (SSSR count). The van der Waals surface area contributed by atoms with E-state index in [1.54, 1.807) is 10.9 Å². The second-order valence-electron chi connectivity index (χ2n) is 2.77. The molecule has 0 saturated carbocycles. The minimum Gasteiger partial charge on any atom is -0.480 e. The Morgan fingerprint density at radius 2 is 2.46 bits per heavy atom. The molecule has 13 heavy (non-hydrogen) atoms. The lowest BCUT2D eigenvalue weighted by atomic mass is 10.3. The Kier molecular flexibility index (Phi) is 3.02. The Morgan fingerprint density at radius 3 is 2.92 bits per heavy atom. The number of aryl methyl sites for hydroxylation is 1. The zero-order valence-electron chi connectivity index (χ0n) is 7.65. The van der Waals surface area contributed by atoms with Gasteiger partial charge in [-0.15, -0.1) is 0 Å². The zero-order valence-corrected chi connectivity index (χ0v) is 7.65. The van der Waals surface area contributed by atoms with Crippen molar-refractivity contribution in [1.82, 2.24) is 9.78 Å². The molecule has 0 aliphatic heterocycles. The van der Waals surface area contributed by atoms with Crippen molar-refractivity contribution in [3.8, 4) is 0 Å². The highest BCUT2D eigenvalue weighted by atomic mass is 16.5. The van der Waals surface area contributed by atoms with Gasteiger partial charge in [0.1, 0.15) is 6.61 Å². The van der Waals surface area contributed by atoms with Gasteiger partial charge in [0.05, 0.1) is 12.8 Å². The quantitative estimate of drug-likeness (QED) is 0.732. The molecule has 0 unspecified atom stereocenters. The van der Waals surface area contributed by atoms with Gasteiger partial charge in [-0.3, -0.25) is 4.68 Å². The van der Waals surface area contributed by atoms with Gasteiger partial charge in [0.25, 0.3) is 0 Å². The lowest BCUT2D eigenvalue weighted by molar-refractivity contribution is -0.142. The van der Waals surface area contributed by atoms with Crippen molar-refractivity contribution >= 4 is 5.97 Å². The largest absolute Gasteiger partial charge is 0.480 e. The molecule has 0 spiro atoms. The van der Waals surface area contributed by atoms with Gasteiger partial charge >= 0.3 is 5.97 Å². The molecule has 1 aromatic heterocycles. The molecule has 5 nitrogen and oxygen atoms in total. The number of hydrogen-bond acceptors (Lipinski definition) is 3. The van der Waals surface area contributed by atoms with E-state index in [1.165, 1.54) is 0 Å². The molecule has 0 amide bonds. The van der Waals surface area contributed by atoms with Crippen LogP contribution in [0.25, 0.3) is 0 Å². The first kappa shape index (κ1) is 9.73. The van der Waals surface area contributed by atoms with E-state index in [0.717, 1.165) is 11.3 Å². The van der Waals surface area contributed by atoms with Crippen LogP contribution >= 0.6 is 0 Å². The monoisotopic (exact) mass is 184 g/mol. The summed E-state index contributed by atoms with van der Waals surface area (Å²) in [5.41, 5.74) is 1.91. The summed E-state index contributed by atoms with van der Waals surface area (Å²) in [6.07, 6.45) is 1.68. The number of rotatable bonds is 4. The smallest absolute Gasteiger partial charge is 0.329 e. The summed E-state index contributed by atoms with van der Waals surface area (Å²) in [6.45, 7) is 1.94. The fourth-order valence-electron chi connectivity index (χ4n) is 0.934. The Bertz CT molecular complexity index is 306. The SMILES string of the molecule is Cc1c(COCC(=O)O)cnn1C. The van der Waals surface area contributed by atoms with Crippen LogP contribution in [0.4, 0.5) is 0 Å². The molecular weight excluding hydrogens is 172 g/mol. The van der Waals surface area contributed by atoms with Crippen LogP contribution < -0.4 is 0 Å². The Balaban J connectivity index is 2.45. The van der Waals surface area contributed by atoms with Crippen molar-refractivity contribution in [3.05, 3.63) is 17.5 Å². The lowest BCUT2D eigenvalue weighted by Gasteiger charge is -2.00. The van der Waals surface area contributed by atoms with Crippen LogP contribution in [0.1, 0.15) is 11.3 Å². The van der Waals surface area contributed by atoms with Gasteiger partial charge in [-0.1, -0.05) is 0 Å². The van der Waals surface area contributed by atoms with Crippen LogP contribution in [-0.4, -0.2) is 27.5 Å². The van der Waals surface area contributed by atoms with E-state index in [1.807, 2.05) is 14.0 Å². The minimum absolute atomic E-state index is 0.270. The molecule has 0 fully saturated rings. The third-order valence-corrected chi connectivity index (χ3v) is 1.82. The number of carboxylic acid groups (broad SMARTS) is 1. The molecule has 0 bridgehead atoms. The number of hydrogen-bond donors (Lipinski definition) is 1. The Morgan fingerprint density at radius 1 is 1.77 bits per heavy atom. The molecule has 1 aromatic rings. The van der Waals surface area contributed by atoms with Crippen molar-refractivity contribution in [2.75, 3.05) is 6.61 Å². The maximum absolute atomic E-state index is 10.1. The van der Waals surface area contributed by atoms with Gasteiger partial charge < -0.3 is 9.84 Å². The standard InChI is InChI=1S/C8H12N2O3/c1-6-7(3-9-10(6)2)4-13-5-8(11)12/h3H,4-5H2,1-2H3,(H,11,12). The van der Waals surface area contributed by atoms with Crippen LogP contribution in [0, 0.1) is 6.92 Å². The van der Waals surface area contributed by atoms with Gasteiger partial charge in [-0.25, -0.2) is 4.79 Å². The third kappa shape index (κ3) is 2.55. The van der Waals surface area contributed by atoms with Crippen LogP contribution in [-0.2, 0) is 23.2 Å². The van der Waals surface area contributed by atoms with Crippen LogP contribution in [0.15, 0.2) is 6.20 Å². The first-order chi connectivity index (χ1) is 6.11. The summed E-state index contributed by atoms with van der Waals surface area (Å²) in [6, 6.07) is 0. The highest BCUT2D eigenvalue weighted by Crippen LogP contribution is 2.06. The summed E-state index contributed by atoms with van der Waals surface area (Å²) < 4.78 is 6.64. The lowest BCUT2D eigenvalue weighted by Crippen LogP contribution is -2.07. The van der Waals surface area contributed by atoms with E-state index in [9.17, 15) is 4.79 Å². The molecule has 0 atom stereocenters. The van der Waals surface area contributed by atoms with Crippen LogP contribution in [0.5, 0.6) is 0 Å². The topological polar surface area (TPSA) is 64.3 Å². The molecule has 0 radical (unpaired) electrons. The minimum atomic E-state index is -0.957. The maximum Gasteiger partial charge on any atom is 0.329 e. The van der Waals surface area contributed by atoms with E-state index < -0.39 is 5.97 Å². The van der Waals surface area contributed by atoms with E-state index in [-0.39, 0.29) is 6.61 Å². The Hall–Kier alpha value is -1.36. The normalized spacial score (nSPS) is 10.3. The molecule has 0 saturated heterocycles. The molecular formula is C8H12N2O3. The number of nitrogens with zero attached hydrogens (tertiary/aromatic N) is 2. The summed E-state index contributed by atoms with van der Waals surface area (Å²) in [4.78, 5) is 10.1. The molecule has 1 N–H and O–H groups in total. The predicted octanol–water partition coefficient (Wildman–Crippen LogP) is 0.330. The summed E-state index contributed by atoms with van der Waals surface area (Å²) in [5, 5.41) is 12.3. The van der Waals surface area contributed by atoms with E-state index >= 15 is 0 Å². The number of aromatic nitrogens is 2. The number of carboxylic acids is 1. The number of aliphatic carboxylic acids is 1. The second-order valence-corrected chi connectivity index (χ2v) is 2.77. The zero-order chi connectivity index (χ0) is 9.84.